The maximum atomic E-state index is 5.43. The van der Waals surface area contributed by atoms with Crippen molar-refractivity contribution in [1.82, 2.24) is 19.9 Å². The quantitative estimate of drug-likeness (QED) is 0.590. The summed E-state index contributed by atoms with van der Waals surface area (Å²) in [6, 6.07) is 8.38. The number of H-pyrrole nitrogens is 1. The van der Waals surface area contributed by atoms with Crippen LogP contribution in [0.4, 0.5) is 23.1 Å². The lowest BCUT2D eigenvalue weighted by Gasteiger charge is -2.28. The van der Waals surface area contributed by atoms with Crippen molar-refractivity contribution >= 4 is 34.3 Å². The van der Waals surface area contributed by atoms with E-state index in [1.54, 1.807) is 6.33 Å². The van der Waals surface area contributed by atoms with Crippen molar-refractivity contribution in [2.45, 2.75) is 25.7 Å². The molecule has 29 heavy (non-hydrogen) atoms. The highest BCUT2D eigenvalue weighted by atomic mass is 16.5. The lowest BCUT2D eigenvalue weighted by Crippen LogP contribution is -2.36. The zero-order valence-electron chi connectivity index (χ0n) is 16.5. The molecule has 3 aromatic rings. The second kappa shape index (κ2) is 8.24. The number of nitrogens with one attached hydrogen (secondary N) is 3. The van der Waals surface area contributed by atoms with Gasteiger partial charge in [0, 0.05) is 31.0 Å². The number of anilines is 4. The number of hydrogen-bond acceptors (Lipinski definition) is 7. The van der Waals surface area contributed by atoms with Crippen LogP contribution in [0.5, 0.6) is 0 Å². The summed E-state index contributed by atoms with van der Waals surface area (Å²) >= 11 is 0. The van der Waals surface area contributed by atoms with Gasteiger partial charge in [0.05, 0.1) is 19.5 Å². The molecule has 0 bridgehead atoms. The summed E-state index contributed by atoms with van der Waals surface area (Å²) in [4.78, 5) is 19.1. The largest absolute Gasteiger partial charge is 0.378 e. The molecule has 0 amide bonds. The summed E-state index contributed by atoms with van der Waals surface area (Å²) in [5, 5.41) is 6.84. The number of ether oxygens (including phenoxy) is 1. The zero-order valence-corrected chi connectivity index (χ0v) is 16.5. The number of aromatic amines is 1. The lowest BCUT2D eigenvalue weighted by molar-refractivity contribution is 0.122. The van der Waals surface area contributed by atoms with E-state index in [1.807, 2.05) is 0 Å². The first-order valence-electron chi connectivity index (χ1n) is 10.5. The minimum atomic E-state index is 0.553. The van der Waals surface area contributed by atoms with Crippen LogP contribution in [0.25, 0.3) is 11.2 Å². The van der Waals surface area contributed by atoms with E-state index in [1.165, 1.54) is 31.4 Å². The van der Waals surface area contributed by atoms with Crippen molar-refractivity contribution in [3.8, 4) is 0 Å². The van der Waals surface area contributed by atoms with Crippen LogP contribution < -0.4 is 15.5 Å². The highest BCUT2D eigenvalue weighted by molar-refractivity contribution is 5.84. The van der Waals surface area contributed by atoms with Crippen molar-refractivity contribution in [3.05, 3.63) is 30.6 Å². The van der Waals surface area contributed by atoms with Gasteiger partial charge in [0.1, 0.15) is 5.52 Å². The zero-order chi connectivity index (χ0) is 19.5. The van der Waals surface area contributed by atoms with E-state index in [9.17, 15) is 0 Å². The van der Waals surface area contributed by atoms with E-state index < -0.39 is 0 Å². The van der Waals surface area contributed by atoms with Crippen LogP contribution >= 0.6 is 0 Å². The maximum absolute atomic E-state index is 5.43. The van der Waals surface area contributed by atoms with Crippen LogP contribution in [0.1, 0.15) is 25.7 Å². The summed E-state index contributed by atoms with van der Waals surface area (Å²) in [5.74, 6) is 2.09. The minimum Gasteiger partial charge on any atom is -0.378 e. The van der Waals surface area contributed by atoms with Gasteiger partial charge in [-0.05, 0) is 43.0 Å². The summed E-state index contributed by atoms with van der Waals surface area (Å²) in [6.45, 7) is 4.38. The van der Waals surface area contributed by atoms with Crippen molar-refractivity contribution in [2.75, 3.05) is 48.4 Å². The molecule has 1 saturated heterocycles. The van der Waals surface area contributed by atoms with Gasteiger partial charge in [-0.3, -0.25) is 0 Å². The molecule has 2 aliphatic rings. The Kier molecular flexibility index (Phi) is 5.17. The molecule has 2 fully saturated rings. The van der Waals surface area contributed by atoms with Crippen LogP contribution in [0, 0.1) is 5.92 Å². The molecule has 152 valence electrons. The van der Waals surface area contributed by atoms with E-state index in [-0.39, 0.29) is 0 Å². The van der Waals surface area contributed by atoms with Crippen molar-refractivity contribution in [3.63, 3.8) is 0 Å². The average Bonchev–Trinajstić information content (AvgIpc) is 3.45. The van der Waals surface area contributed by atoms with E-state index in [0.29, 0.717) is 11.6 Å². The fraction of sp³-hybridized carbons (Fsp3) is 0.476. The SMILES string of the molecule is c1nc2nc(Nc3ccc(N4CCOCC4)cc3)nc(NCC3CCCC3)c2[nH]1. The molecule has 3 N–H and O–H groups in total. The van der Waals surface area contributed by atoms with Gasteiger partial charge in [0.25, 0.3) is 0 Å². The molecule has 1 aliphatic carbocycles. The second-order valence-electron chi connectivity index (χ2n) is 7.80. The highest BCUT2D eigenvalue weighted by Crippen LogP contribution is 2.27. The number of nitrogens with zero attached hydrogens (tertiary/aromatic N) is 4. The average molecular weight is 393 g/mol. The monoisotopic (exact) mass is 393 g/mol. The van der Waals surface area contributed by atoms with Gasteiger partial charge in [-0.1, -0.05) is 12.8 Å². The Balaban J connectivity index is 1.31. The Hall–Kier alpha value is -2.87. The van der Waals surface area contributed by atoms with Crippen molar-refractivity contribution in [2.24, 2.45) is 5.92 Å². The van der Waals surface area contributed by atoms with Gasteiger partial charge in [-0.2, -0.15) is 9.97 Å². The number of fused-ring (bicyclic) bond motifs is 1. The molecular formula is C21H27N7O. The Morgan fingerprint density at radius 2 is 1.86 bits per heavy atom. The summed E-state index contributed by atoms with van der Waals surface area (Å²) in [5.41, 5.74) is 3.69. The van der Waals surface area contributed by atoms with Crippen LogP contribution in [0.15, 0.2) is 30.6 Å². The molecule has 0 radical (unpaired) electrons. The summed E-state index contributed by atoms with van der Waals surface area (Å²) in [6.07, 6.45) is 6.93. The Morgan fingerprint density at radius 3 is 2.66 bits per heavy atom. The molecule has 0 unspecified atom stereocenters. The minimum absolute atomic E-state index is 0.553. The Morgan fingerprint density at radius 1 is 1.07 bits per heavy atom. The standard InChI is InChI=1S/C21H27N7O/c1-2-4-15(3-1)13-22-19-18-20(24-14-23-18)27-21(26-19)25-16-5-7-17(8-6-16)28-9-11-29-12-10-28/h5-8,14-15H,1-4,9-13H2,(H3,22,23,24,25,26,27). The number of imidazole rings is 1. The molecular weight excluding hydrogens is 366 g/mol. The molecule has 8 heteroatoms. The summed E-state index contributed by atoms with van der Waals surface area (Å²) < 4.78 is 5.43. The molecule has 1 saturated carbocycles. The molecule has 1 aromatic carbocycles. The van der Waals surface area contributed by atoms with Gasteiger partial charge in [0.2, 0.25) is 5.95 Å². The number of aromatic nitrogens is 4. The smallest absolute Gasteiger partial charge is 0.231 e. The molecule has 3 heterocycles. The van der Waals surface area contributed by atoms with Crippen LogP contribution in [-0.2, 0) is 4.74 Å². The fourth-order valence-corrected chi connectivity index (χ4v) is 4.18. The molecule has 5 rings (SSSR count). The van der Waals surface area contributed by atoms with E-state index >= 15 is 0 Å². The van der Waals surface area contributed by atoms with Crippen LogP contribution in [0.3, 0.4) is 0 Å². The first-order chi connectivity index (χ1) is 14.3. The van der Waals surface area contributed by atoms with Crippen molar-refractivity contribution in [1.29, 1.82) is 0 Å². The number of rotatable bonds is 6. The summed E-state index contributed by atoms with van der Waals surface area (Å²) in [7, 11) is 0. The molecule has 0 spiro atoms. The van der Waals surface area contributed by atoms with Gasteiger partial charge >= 0.3 is 0 Å². The van der Waals surface area contributed by atoms with Gasteiger partial charge in [-0.15, -0.1) is 0 Å². The van der Waals surface area contributed by atoms with Gasteiger partial charge < -0.3 is 25.3 Å². The lowest BCUT2D eigenvalue weighted by atomic mass is 10.1. The van der Waals surface area contributed by atoms with Crippen LogP contribution in [-0.4, -0.2) is 52.8 Å². The first-order valence-corrected chi connectivity index (χ1v) is 10.5. The van der Waals surface area contributed by atoms with Crippen molar-refractivity contribution < 1.29 is 4.74 Å². The molecule has 0 atom stereocenters. The predicted molar refractivity (Wildman–Crippen MR) is 115 cm³/mol. The maximum Gasteiger partial charge on any atom is 0.231 e. The normalized spacial score (nSPS) is 17.7. The van der Waals surface area contributed by atoms with E-state index in [2.05, 4.69) is 54.8 Å². The van der Waals surface area contributed by atoms with Gasteiger partial charge in [-0.25, -0.2) is 4.98 Å². The van der Waals surface area contributed by atoms with E-state index in [4.69, 9.17) is 9.72 Å². The topological polar surface area (TPSA) is 91.0 Å². The second-order valence-corrected chi connectivity index (χ2v) is 7.80. The number of hydrogen-bond donors (Lipinski definition) is 3. The van der Waals surface area contributed by atoms with E-state index in [0.717, 1.165) is 55.8 Å². The van der Waals surface area contributed by atoms with Crippen LogP contribution in [0.2, 0.25) is 0 Å². The molecule has 2 aromatic heterocycles. The third kappa shape index (κ3) is 4.12. The molecule has 8 nitrogen and oxygen atoms in total. The first kappa shape index (κ1) is 18.2. The van der Waals surface area contributed by atoms with Gasteiger partial charge in [0.15, 0.2) is 11.5 Å². The number of benzene rings is 1. The molecule has 1 aliphatic heterocycles. The predicted octanol–water partition coefficient (Wildman–Crippen LogP) is 3.54. The highest BCUT2D eigenvalue weighted by Gasteiger charge is 2.17. The fourth-order valence-electron chi connectivity index (χ4n) is 4.18. The number of morpholine rings is 1. The third-order valence-electron chi connectivity index (χ3n) is 5.82. The Bertz CT molecular complexity index is 943. The third-order valence-corrected chi connectivity index (χ3v) is 5.82. The Labute approximate surface area is 170 Å².